The number of nitrogens with one attached hydrogen (secondary N) is 2. The van der Waals surface area contributed by atoms with Gasteiger partial charge in [0.25, 0.3) is 0 Å². The number of carbonyl (C=O) groups is 1. The maximum absolute atomic E-state index is 11.8. The molecule has 2 N–H and O–H groups in total. The minimum absolute atomic E-state index is 0.189. The number of imidazole rings is 1. The standard InChI is InChI=1S/C18H20N4O/c1-13-20-16-12-14(8-9-17(16)22(13)2)10-11-19-18(23)21-15-6-4-3-5-7-15/h3-9,12H,10-11H2,1-2H3,(H2,19,21,23). The van der Waals surface area contributed by atoms with Crippen molar-refractivity contribution in [3.05, 3.63) is 59.9 Å². The largest absolute Gasteiger partial charge is 0.338 e. The van der Waals surface area contributed by atoms with Crippen LogP contribution in [0, 0.1) is 6.92 Å². The van der Waals surface area contributed by atoms with Crippen molar-refractivity contribution in [1.82, 2.24) is 14.9 Å². The van der Waals surface area contributed by atoms with Gasteiger partial charge >= 0.3 is 6.03 Å². The van der Waals surface area contributed by atoms with Crippen molar-refractivity contribution < 1.29 is 4.79 Å². The second kappa shape index (κ2) is 6.52. The van der Waals surface area contributed by atoms with Crippen LogP contribution in [-0.2, 0) is 13.5 Å². The van der Waals surface area contributed by atoms with Crippen LogP contribution >= 0.6 is 0 Å². The molecule has 23 heavy (non-hydrogen) atoms. The molecule has 2 aromatic carbocycles. The van der Waals surface area contributed by atoms with Crippen LogP contribution in [0.5, 0.6) is 0 Å². The fourth-order valence-corrected chi connectivity index (χ4v) is 2.54. The highest BCUT2D eigenvalue weighted by Crippen LogP contribution is 2.16. The fourth-order valence-electron chi connectivity index (χ4n) is 2.54. The molecule has 0 aliphatic heterocycles. The van der Waals surface area contributed by atoms with Gasteiger partial charge in [-0.05, 0) is 43.2 Å². The second-order valence-electron chi connectivity index (χ2n) is 5.54. The van der Waals surface area contributed by atoms with Crippen molar-refractivity contribution in [1.29, 1.82) is 0 Å². The second-order valence-corrected chi connectivity index (χ2v) is 5.54. The lowest BCUT2D eigenvalue weighted by atomic mass is 10.1. The average molecular weight is 308 g/mol. The van der Waals surface area contributed by atoms with E-state index < -0.39 is 0 Å². The molecule has 0 fully saturated rings. The summed E-state index contributed by atoms with van der Waals surface area (Å²) in [5.74, 6) is 0.998. The number of para-hydroxylation sites is 1. The van der Waals surface area contributed by atoms with Gasteiger partial charge in [-0.3, -0.25) is 0 Å². The molecule has 0 saturated heterocycles. The number of aromatic nitrogens is 2. The lowest BCUT2D eigenvalue weighted by molar-refractivity contribution is 0.252. The Bertz CT molecular complexity index is 824. The smallest absolute Gasteiger partial charge is 0.319 e. The molecule has 0 aliphatic carbocycles. The lowest BCUT2D eigenvalue weighted by Gasteiger charge is -2.07. The summed E-state index contributed by atoms with van der Waals surface area (Å²) in [5, 5.41) is 5.67. The SMILES string of the molecule is Cc1nc2cc(CCNC(=O)Nc3ccccc3)ccc2n1C. The van der Waals surface area contributed by atoms with Crippen molar-refractivity contribution in [3.63, 3.8) is 0 Å². The van der Waals surface area contributed by atoms with E-state index in [1.165, 1.54) is 0 Å². The summed E-state index contributed by atoms with van der Waals surface area (Å²) < 4.78 is 2.07. The summed E-state index contributed by atoms with van der Waals surface area (Å²) in [7, 11) is 2.01. The lowest BCUT2D eigenvalue weighted by Crippen LogP contribution is -2.30. The normalized spacial score (nSPS) is 10.7. The Morgan fingerprint density at radius 1 is 1.17 bits per heavy atom. The number of fused-ring (bicyclic) bond motifs is 1. The predicted molar refractivity (Wildman–Crippen MR) is 92.6 cm³/mol. The van der Waals surface area contributed by atoms with Crippen molar-refractivity contribution >= 4 is 22.8 Å². The van der Waals surface area contributed by atoms with E-state index in [-0.39, 0.29) is 6.03 Å². The Labute approximate surface area is 135 Å². The number of amides is 2. The molecule has 2 amide bonds. The van der Waals surface area contributed by atoms with Crippen molar-refractivity contribution in [2.75, 3.05) is 11.9 Å². The zero-order valence-corrected chi connectivity index (χ0v) is 13.3. The van der Waals surface area contributed by atoms with Gasteiger partial charge in [0.15, 0.2) is 0 Å². The summed E-state index contributed by atoms with van der Waals surface area (Å²) in [4.78, 5) is 16.4. The monoisotopic (exact) mass is 308 g/mol. The van der Waals surface area contributed by atoms with Gasteiger partial charge < -0.3 is 15.2 Å². The number of anilines is 1. The summed E-state index contributed by atoms with van der Waals surface area (Å²) in [6, 6.07) is 15.5. The number of rotatable bonds is 4. The third kappa shape index (κ3) is 3.51. The van der Waals surface area contributed by atoms with E-state index in [4.69, 9.17) is 0 Å². The quantitative estimate of drug-likeness (QED) is 0.777. The first-order valence-corrected chi connectivity index (χ1v) is 7.65. The average Bonchev–Trinajstić information content (AvgIpc) is 2.82. The van der Waals surface area contributed by atoms with Crippen LogP contribution in [0.4, 0.5) is 10.5 Å². The first kappa shape index (κ1) is 15.1. The molecule has 5 heteroatoms. The van der Waals surface area contributed by atoms with E-state index in [9.17, 15) is 4.79 Å². The maximum Gasteiger partial charge on any atom is 0.319 e. The first-order chi connectivity index (χ1) is 11.1. The summed E-state index contributed by atoms with van der Waals surface area (Å²) in [6.07, 6.45) is 0.772. The van der Waals surface area contributed by atoms with E-state index in [1.54, 1.807) is 0 Å². The number of aryl methyl sites for hydroxylation is 2. The highest BCUT2D eigenvalue weighted by Gasteiger charge is 2.05. The van der Waals surface area contributed by atoms with Gasteiger partial charge in [-0.1, -0.05) is 24.3 Å². The van der Waals surface area contributed by atoms with E-state index in [0.717, 1.165) is 34.5 Å². The van der Waals surface area contributed by atoms with Gasteiger partial charge in [0.05, 0.1) is 11.0 Å². The van der Waals surface area contributed by atoms with Crippen LogP contribution in [0.3, 0.4) is 0 Å². The van der Waals surface area contributed by atoms with E-state index in [0.29, 0.717) is 6.54 Å². The van der Waals surface area contributed by atoms with Crippen LogP contribution in [0.25, 0.3) is 11.0 Å². The molecule has 0 atom stereocenters. The van der Waals surface area contributed by atoms with Crippen LogP contribution in [-0.4, -0.2) is 22.1 Å². The molecule has 3 rings (SSSR count). The van der Waals surface area contributed by atoms with Gasteiger partial charge in [0.1, 0.15) is 5.82 Å². The Morgan fingerprint density at radius 2 is 1.96 bits per heavy atom. The van der Waals surface area contributed by atoms with Crippen molar-refractivity contribution in [3.8, 4) is 0 Å². The van der Waals surface area contributed by atoms with Gasteiger partial charge in [-0.25, -0.2) is 9.78 Å². The van der Waals surface area contributed by atoms with E-state index in [2.05, 4.69) is 38.4 Å². The third-order valence-corrected chi connectivity index (χ3v) is 3.90. The molecule has 3 aromatic rings. The Balaban J connectivity index is 1.55. The summed E-state index contributed by atoms with van der Waals surface area (Å²) in [6.45, 7) is 2.57. The molecule has 1 aromatic heterocycles. The topological polar surface area (TPSA) is 59.0 Å². The van der Waals surface area contributed by atoms with Crippen LogP contribution < -0.4 is 10.6 Å². The number of benzene rings is 2. The summed E-state index contributed by atoms with van der Waals surface area (Å²) in [5.41, 5.74) is 4.07. The van der Waals surface area contributed by atoms with Crippen molar-refractivity contribution in [2.45, 2.75) is 13.3 Å². The van der Waals surface area contributed by atoms with Crippen LogP contribution in [0.15, 0.2) is 48.5 Å². The van der Waals surface area contributed by atoms with Gasteiger partial charge in [0, 0.05) is 19.3 Å². The maximum atomic E-state index is 11.8. The molecule has 118 valence electrons. The number of hydrogen-bond donors (Lipinski definition) is 2. The van der Waals surface area contributed by atoms with Gasteiger partial charge in [-0.2, -0.15) is 0 Å². The van der Waals surface area contributed by atoms with Gasteiger partial charge in [-0.15, -0.1) is 0 Å². The van der Waals surface area contributed by atoms with E-state index in [1.807, 2.05) is 44.3 Å². The van der Waals surface area contributed by atoms with Crippen LogP contribution in [0.1, 0.15) is 11.4 Å². The molecule has 0 spiro atoms. The number of urea groups is 1. The minimum atomic E-state index is -0.189. The summed E-state index contributed by atoms with van der Waals surface area (Å²) >= 11 is 0. The Morgan fingerprint density at radius 3 is 2.74 bits per heavy atom. The molecule has 0 unspecified atom stereocenters. The highest BCUT2D eigenvalue weighted by molar-refractivity contribution is 5.89. The molecule has 0 aliphatic rings. The van der Waals surface area contributed by atoms with Crippen LogP contribution in [0.2, 0.25) is 0 Å². The zero-order chi connectivity index (χ0) is 16.2. The molecule has 1 heterocycles. The van der Waals surface area contributed by atoms with E-state index >= 15 is 0 Å². The number of nitrogens with zero attached hydrogens (tertiary/aromatic N) is 2. The molecule has 0 radical (unpaired) electrons. The highest BCUT2D eigenvalue weighted by atomic mass is 16.2. The zero-order valence-electron chi connectivity index (χ0n) is 13.3. The first-order valence-electron chi connectivity index (χ1n) is 7.65. The Hall–Kier alpha value is -2.82. The molecule has 5 nitrogen and oxygen atoms in total. The predicted octanol–water partition coefficient (Wildman–Crippen LogP) is 3.25. The van der Waals surface area contributed by atoms with Crippen molar-refractivity contribution in [2.24, 2.45) is 7.05 Å². The molecule has 0 bridgehead atoms. The molecular weight excluding hydrogens is 288 g/mol. The third-order valence-electron chi connectivity index (χ3n) is 3.90. The molecule has 0 saturated carbocycles. The Kier molecular flexibility index (Phi) is 4.28. The fraction of sp³-hybridized carbons (Fsp3) is 0.222. The minimum Gasteiger partial charge on any atom is -0.338 e. The molecular formula is C18H20N4O. The number of hydrogen-bond acceptors (Lipinski definition) is 2. The number of carbonyl (C=O) groups excluding carboxylic acids is 1. The van der Waals surface area contributed by atoms with Gasteiger partial charge in [0.2, 0.25) is 0 Å².